The van der Waals surface area contributed by atoms with Gasteiger partial charge in [-0.15, -0.1) is 0 Å². The third-order valence-electron chi connectivity index (χ3n) is 2.45. The van der Waals surface area contributed by atoms with Gasteiger partial charge in [-0.05, 0) is 29.8 Å². The maximum atomic E-state index is 9.77. The van der Waals surface area contributed by atoms with E-state index in [9.17, 15) is 5.11 Å². The van der Waals surface area contributed by atoms with Gasteiger partial charge in [-0.1, -0.05) is 28.1 Å². The van der Waals surface area contributed by atoms with Crippen molar-refractivity contribution in [2.45, 2.75) is 12.6 Å². The first-order valence-electron chi connectivity index (χ1n) is 5.42. The Morgan fingerprint density at radius 1 is 1.24 bits per heavy atom. The van der Waals surface area contributed by atoms with Crippen LogP contribution in [0.4, 0.5) is 0 Å². The predicted octanol–water partition coefficient (Wildman–Crippen LogP) is 2.87. The Kier molecular flexibility index (Phi) is 4.36. The van der Waals surface area contributed by atoms with Crippen molar-refractivity contribution < 1.29 is 9.52 Å². The van der Waals surface area contributed by atoms with Gasteiger partial charge in [-0.2, -0.15) is 0 Å². The fourth-order valence-electron chi connectivity index (χ4n) is 1.54. The third-order valence-corrected chi connectivity index (χ3v) is 2.98. The number of furan rings is 1. The number of nitrogens with one attached hydrogen (secondary N) is 1. The van der Waals surface area contributed by atoms with E-state index in [2.05, 4.69) is 21.2 Å². The van der Waals surface area contributed by atoms with Crippen molar-refractivity contribution >= 4 is 15.9 Å². The molecule has 0 radical (unpaired) electrons. The van der Waals surface area contributed by atoms with E-state index in [1.54, 1.807) is 18.4 Å². The topological polar surface area (TPSA) is 45.4 Å². The number of halogens is 1. The number of benzene rings is 1. The molecule has 2 N–H and O–H groups in total. The highest BCUT2D eigenvalue weighted by atomic mass is 79.9. The first-order valence-corrected chi connectivity index (χ1v) is 6.21. The Bertz CT molecular complexity index is 439. The van der Waals surface area contributed by atoms with Gasteiger partial charge in [0.15, 0.2) is 0 Å². The van der Waals surface area contributed by atoms with E-state index in [1.165, 1.54) is 5.56 Å². The number of hydrogen-bond donors (Lipinski definition) is 2. The maximum Gasteiger partial charge on any atom is 0.133 e. The Morgan fingerprint density at radius 3 is 2.65 bits per heavy atom. The van der Waals surface area contributed by atoms with E-state index in [4.69, 9.17) is 4.42 Å². The molecule has 2 aromatic rings. The van der Waals surface area contributed by atoms with Gasteiger partial charge >= 0.3 is 0 Å². The molecule has 3 nitrogen and oxygen atoms in total. The third kappa shape index (κ3) is 3.70. The SMILES string of the molecule is OC(CNCc1ccc(Br)cc1)c1ccco1. The zero-order valence-corrected chi connectivity index (χ0v) is 10.9. The molecule has 0 aliphatic rings. The van der Waals surface area contributed by atoms with Crippen molar-refractivity contribution in [3.63, 3.8) is 0 Å². The van der Waals surface area contributed by atoms with Crippen LogP contribution < -0.4 is 5.32 Å². The van der Waals surface area contributed by atoms with Crippen LogP contribution in [0.25, 0.3) is 0 Å². The molecule has 1 unspecified atom stereocenters. The lowest BCUT2D eigenvalue weighted by atomic mass is 10.2. The Morgan fingerprint density at radius 2 is 2.00 bits per heavy atom. The summed E-state index contributed by atoms with van der Waals surface area (Å²) in [4.78, 5) is 0. The summed E-state index contributed by atoms with van der Waals surface area (Å²) in [6.45, 7) is 1.20. The smallest absolute Gasteiger partial charge is 0.133 e. The predicted molar refractivity (Wildman–Crippen MR) is 69.5 cm³/mol. The fraction of sp³-hybridized carbons (Fsp3) is 0.231. The van der Waals surface area contributed by atoms with Gasteiger partial charge < -0.3 is 14.8 Å². The fourth-order valence-corrected chi connectivity index (χ4v) is 1.80. The van der Waals surface area contributed by atoms with Gasteiger partial charge in [0.2, 0.25) is 0 Å². The molecule has 0 spiro atoms. The van der Waals surface area contributed by atoms with Gasteiger partial charge in [0.25, 0.3) is 0 Å². The van der Waals surface area contributed by atoms with Gasteiger partial charge in [-0.3, -0.25) is 0 Å². The number of aliphatic hydroxyl groups excluding tert-OH is 1. The van der Waals surface area contributed by atoms with Gasteiger partial charge in [0.1, 0.15) is 11.9 Å². The van der Waals surface area contributed by atoms with E-state index in [1.807, 2.05) is 24.3 Å². The summed E-state index contributed by atoms with van der Waals surface area (Å²) >= 11 is 3.39. The van der Waals surface area contributed by atoms with Crippen LogP contribution in [-0.4, -0.2) is 11.7 Å². The minimum absolute atomic E-state index is 0.476. The molecule has 2 rings (SSSR count). The lowest BCUT2D eigenvalue weighted by Gasteiger charge is -2.09. The van der Waals surface area contributed by atoms with Crippen LogP contribution in [0.2, 0.25) is 0 Å². The highest BCUT2D eigenvalue weighted by molar-refractivity contribution is 9.10. The number of hydrogen-bond acceptors (Lipinski definition) is 3. The minimum Gasteiger partial charge on any atom is -0.467 e. The van der Waals surface area contributed by atoms with E-state index >= 15 is 0 Å². The second-order valence-corrected chi connectivity index (χ2v) is 4.70. The van der Waals surface area contributed by atoms with Crippen LogP contribution in [-0.2, 0) is 6.54 Å². The average molecular weight is 296 g/mol. The highest BCUT2D eigenvalue weighted by Crippen LogP contribution is 2.13. The second-order valence-electron chi connectivity index (χ2n) is 3.79. The van der Waals surface area contributed by atoms with Crippen LogP contribution in [0.1, 0.15) is 17.4 Å². The van der Waals surface area contributed by atoms with Crippen LogP contribution in [0.5, 0.6) is 0 Å². The molecule has 1 aromatic carbocycles. The molecule has 1 atom stereocenters. The van der Waals surface area contributed by atoms with E-state index in [-0.39, 0.29) is 0 Å². The molecular weight excluding hydrogens is 282 g/mol. The molecule has 0 amide bonds. The molecule has 0 fully saturated rings. The Hall–Kier alpha value is -1.10. The molecule has 0 saturated heterocycles. The summed E-state index contributed by atoms with van der Waals surface area (Å²) in [5, 5.41) is 13.0. The Labute approximate surface area is 109 Å². The molecule has 0 aliphatic heterocycles. The summed E-state index contributed by atoms with van der Waals surface area (Å²) in [5.41, 5.74) is 1.18. The van der Waals surface area contributed by atoms with Gasteiger partial charge in [0.05, 0.1) is 6.26 Å². The van der Waals surface area contributed by atoms with Crippen LogP contribution in [0, 0.1) is 0 Å². The molecule has 1 aromatic heterocycles. The minimum atomic E-state index is -0.597. The Balaban J connectivity index is 1.78. The van der Waals surface area contributed by atoms with Gasteiger partial charge in [-0.25, -0.2) is 0 Å². The summed E-state index contributed by atoms with van der Waals surface area (Å²) in [6, 6.07) is 11.6. The van der Waals surface area contributed by atoms with Crippen molar-refractivity contribution in [2.24, 2.45) is 0 Å². The van der Waals surface area contributed by atoms with E-state index < -0.39 is 6.10 Å². The molecule has 17 heavy (non-hydrogen) atoms. The monoisotopic (exact) mass is 295 g/mol. The number of rotatable bonds is 5. The molecule has 0 bridgehead atoms. The maximum absolute atomic E-state index is 9.77. The normalized spacial score (nSPS) is 12.6. The van der Waals surface area contributed by atoms with Crippen molar-refractivity contribution in [3.8, 4) is 0 Å². The second kappa shape index (κ2) is 6.00. The summed E-state index contributed by atoms with van der Waals surface area (Å²) < 4.78 is 6.18. The lowest BCUT2D eigenvalue weighted by molar-refractivity contribution is 0.147. The van der Waals surface area contributed by atoms with Crippen molar-refractivity contribution in [1.82, 2.24) is 5.32 Å². The molecule has 90 valence electrons. The molecule has 4 heteroatoms. The molecule has 1 heterocycles. The summed E-state index contributed by atoms with van der Waals surface area (Å²) in [6.07, 6.45) is 0.966. The standard InChI is InChI=1S/C13H14BrNO2/c14-11-5-3-10(4-6-11)8-15-9-12(16)13-2-1-7-17-13/h1-7,12,15-16H,8-9H2. The lowest BCUT2D eigenvalue weighted by Crippen LogP contribution is -2.20. The molecular formula is C13H14BrNO2. The first-order chi connectivity index (χ1) is 8.25. The van der Waals surface area contributed by atoms with Crippen LogP contribution in [0.15, 0.2) is 51.6 Å². The average Bonchev–Trinajstić information content (AvgIpc) is 2.85. The quantitative estimate of drug-likeness (QED) is 0.892. The largest absolute Gasteiger partial charge is 0.467 e. The van der Waals surface area contributed by atoms with Crippen LogP contribution in [0.3, 0.4) is 0 Å². The molecule has 0 saturated carbocycles. The first kappa shape index (κ1) is 12.4. The zero-order chi connectivity index (χ0) is 12.1. The van der Waals surface area contributed by atoms with Crippen molar-refractivity contribution in [1.29, 1.82) is 0 Å². The zero-order valence-electron chi connectivity index (χ0n) is 9.27. The van der Waals surface area contributed by atoms with E-state index in [0.717, 1.165) is 11.0 Å². The molecule has 0 aliphatic carbocycles. The summed E-state index contributed by atoms with van der Waals surface area (Å²) in [7, 11) is 0. The number of aliphatic hydroxyl groups is 1. The van der Waals surface area contributed by atoms with Crippen LogP contribution >= 0.6 is 15.9 Å². The summed E-state index contributed by atoms with van der Waals surface area (Å²) in [5.74, 6) is 0.591. The van der Waals surface area contributed by atoms with Crippen molar-refractivity contribution in [3.05, 3.63) is 58.5 Å². The van der Waals surface area contributed by atoms with Crippen molar-refractivity contribution in [2.75, 3.05) is 6.54 Å². The highest BCUT2D eigenvalue weighted by Gasteiger charge is 2.08. The van der Waals surface area contributed by atoms with E-state index in [0.29, 0.717) is 12.3 Å². The van der Waals surface area contributed by atoms with Gasteiger partial charge in [0, 0.05) is 17.6 Å².